The maximum Gasteiger partial charge on any atom is 0.328 e. The number of hydrogen-bond donors (Lipinski definition) is 2. The Bertz CT molecular complexity index is 446. The minimum absolute atomic E-state index is 0.283. The molecule has 1 amide bonds. The van der Waals surface area contributed by atoms with E-state index in [4.69, 9.17) is 10.5 Å². The lowest BCUT2D eigenvalue weighted by Gasteiger charge is -2.18. The summed E-state index contributed by atoms with van der Waals surface area (Å²) in [6.07, 6.45) is 1.52. The SMILES string of the molecule is CCCC(Nc1cccc(C(N)=O)c1)C(=O)OCC. The predicted molar refractivity (Wildman–Crippen MR) is 73.9 cm³/mol. The predicted octanol–water partition coefficient (Wildman–Crippen LogP) is 1.93. The van der Waals surface area contributed by atoms with Gasteiger partial charge in [-0.25, -0.2) is 4.79 Å². The molecule has 0 heterocycles. The zero-order chi connectivity index (χ0) is 14.3. The van der Waals surface area contributed by atoms with E-state index in [-0.39, 0.29) is 5.97 Å². The summed E-state index contributed by atoms with van der Waals surface area (Å²) in [5.74, 6) is -0.777. The summed E-state index contributed by atoms with van der Waals surface area (Å²) < 4.78 is 5.01. The summed E-state index contributed by atoms with van der Waals surface area (Å²) in [4.78, 5) is 22.9. The highest BCUT2D eigenvalue weighted by molar-refractivity contribution is 5.93. The average Bonchev–Trinajstić information content (AvgIpc) is 2.39. The fraction of sp³-hybridized carbons (Fsp3) is 0.429. The third-order valence-corrected chi connectivity index (χ3v) is 2.64. The Morgan fingerprint density at radius 2 is 2.11 bits per heavy atom. The molecule has 104 valence electrons. The normalized spacial score (nSPS) is 11.7. The minimum atomic E-state index is -0.494. The second-order valence-corrected chi connectivity index (χ2v) is 4.18. The zero-order valence-electron chi connectivity index (χ0n) is 11.3. The number of rotatable bonds is 7. The van der Waals surface area contributed by atoms with Gasteiger partial charge in [-0.2, -0.15) is 0 Å². The molecule has 0 fully saturated rings. The molecule has 0 aromatic heterocycles. The molecule has 0 spiro atoms. The fourth-order valence-corrected chi connectivity index (χ4v) is 1.74. The summed E-state index contributed by atoms with van der Waals surface area (Å²) in [5.41, 5.74) is 6.31. The third-order valence-electron chi connectivity index (χ3n) is 2.64. The van der Waals surface area contributed by atoms with E-state index in [9.17, 15) is 9.59 Å². The number of esters is 1. The van der Waals surface area contributed by atoms with Crippen LogP contribution in [0.25, 0.3) is 0 Å². The molecule has 19 heavy (non-hydrogen) atoms. The van der Waals surface area contributed by atoms with Crippen molar-refractivity contribution in [3.63, 3.8) is 0 Å². The van der Waals surface area contributed by atoms with Gasteiger partial charge in [0.15, 0.2) is 0 Å². The first kappa shape index (κ1) is 15.0. The van der Waals surface area contributed by atoms with Crippen LogP contribution in [0.3, 0.4) is 0 Å². The van der Waals surface area contributed by atoms with E-state index in [2.05, 4.69) is 5.32 Å². The largest absolute Gasteiger partial charge is 0.464 e. The number of ether oxygens (including phenoxy) is 1. The molecule has 1 aromatic rings. The van der Waals surface area contributed by atoms with Gasteiger partial charge in [-0.15, -0.1) is 0 Å². The van der Waals surface area contributed by atoms with Gasteiger partial charge in [-0.3, -0.25) is 4.79 Å². The number of nitrogens with one attached hydrogen (secondary N) is 1. The Hall–Kier alpha value is -2.04. The van der Waals surface area contributed by atoms with Crippen LogP contribution in [-0.2, 0) is 9.53 Å². The number of amides is 1. The third kappa shape index (κ3) is 4.62. The molecular weight excluding hydrogens is 244 g/mol. The van der Waals surface area contributed by atoms with Crippen molar-refractivity contribution in [1.29, 1.82) is 0 Å². The Labute approximate surface area is 113 Å². The van der Waals surface area contributed by atoms with Crippen molar-refractivity contribution in [3.05, 3.63) is 29.8 Å². The molecule has 0 aliphatic rings. The van der Waals surface area contributed by atoms with Gasteiger partial charge < -0.3 is 15.8 Å². The number of hydrogen-bond acceptors (Lipinski definition) is 4. The van der Waals surface area contributed by atoms with Crippen molar-refractivity contribution >= 4 is 17.6 Å². The lowest BCUT2D eigenvalue weighted by Crippen LogP contribution is -2.31. The summed E-state index contributed by atoms with van der Waals surface area (Å²) >= 11 is 0. The van der Waals surface area contributed by atoms with Gasteiger partial charge >= 0.3 is 5.97 Å². The Kier molecular flexibility index (Phi) is 5.85. The van der Waals surface area contributed by atoms with E-state index in [1.165, 1.54) is 0 Å². The first-order valence-corrected chi connectivity index (χ1v) is 6.41. The van der Waals surface area contributed by atoms with Gasteiger partial charge in [0.2, 0.25) is 5.91 Å². The molecule has 1 unspecified atom stereocenters. The van der Waals surface area contributed by atoms with Crippen LogP contribution in [0.15, 0.2) is 24.3 Å². The van der Waals surface area contributed by atoms with Gasteiger partial charge in [0.1, 0.15) is 6.04 Å². The highest BCUT2D eigenvalue weighted by Crippen LogP contribution is 2.14. The van der Waals surface area contributed by atoms with Crippen molar-refractivity contribution in [3.8, 4) is 0 Å². The standard InChI is InChI=1S/C14H20N2O3/c1-3-6-12(14(18)19-4-2)16-11-8-5-7-10(9-11)13(15)17/h5,7-9,12,16H,3-4,6H2,1-2H3,(H2,15,17). The first-order valence-electron chi connectivity index (χ1n) is 6.41. The van der Waals surface area contributed by atoms with Crippen molar-refractivity contribution in [1.82, 2.24) is 0 Å². The van der Waals surface area contributed by atoms with E-state index in [0.29, 0.717) is 24.3 Å². The van der Waals surface area contributed by atoms with Crippen LogP contribution in [0.4, 0.5) is 5.69 Å². The number of anilines is 1. The zero-order valence-corrected chi connectivity index (χ0v) is 11.3. The highest BCUT2D eigenvalue weighted by atomic mass is 16.5. The van der Waals surface area contributed by atoms with Gasteiger partial charge in [-0.1, -0.05) is 19.4 Å². The topological polar surface area (TPSA) is 81.4 Å². The molecule has 0 aliphatic carbocycles. The molecule has 5 nitrogen and oxygen atoms in total. The molecule has 0 saturated carbocycles. The molecule has 3 N–H and O–H groups in total. The fourth-order valence-electron chi connectivity index (χ4n) is 1.74. The lowest BCUT2D eigenvalue weighted by atomic mass is 10.1. The highest BCUT2D eigenvalue weighted by Gasteiger charge is 2.18. The number of benzene rings is 1. The van der Waals surface area contributed by atoms with Crippen LogP contribution >= 0.6 is 0 Å². The molecule has 0 bridgehead atoms. The molecular formula is C14H20N2O3. The van der Waals surface area contributed by atoms with Crippen LogP contribution < -0.4 is 11.1 Å². The second kappa shape index (κ2) is 7.41. The Balaban J connectivity index is 2.81. The van der Waals surface area contributed by atoms with Gasteiger partial charge in [0, 0.05) is 11.3 Å². The molecule has 1 atom stereocenters. The van der Waals surface area contributed by atoms with E-state index in [1.54, 1.807) is 31.2 Å². The van der Waals surface area contributed by atoms with E-state index >= 15 is 0 Å². The lowest BCUT2D eigenvalue weighted by molar-refractivity contribution is -0.144. The van der Waals surface area contributed by atoms with Crippen LogP contribution in [0, 0.1) is 0 Å². The van der Waals surface area contributed by atoms with Crippen LogP contribution in [0.1, 0.15) is 37.0 Å². The maximum absolute atomic E-state index is 11.8. The average molecular weight is 264 g/mol. The van der Waals surface area contributed by atoms with Crippen molar-refractivity contribution in [2.45, 2.75) is 32.7 Å². The van der Waals surface area contributed by atoms with Gasteiger partial charge in [0.05, 0.1) is 6.61 Å². The van der Waals surface area contributed by atoms with Crippen molar-refractivity contribution < 1.29 is 14.3 Å². The van der Waals surface area contributed by atoms with E-state index in [1.807, 2.05) is 6.92 Å². The minimum Gasteiger partial charge on any atom is -0.464 e. The second-order valence-electron chi connectivity index (χ2n) is 4.18. The van der Waals surface area contributed by atoms with Crippen molar-refractivity contribution in [2.75, 3.05) is 11.9 Å². The quantitative estimate of drug-likeness (QED) is 0.737. The summed E-state index contributed by atoms with van der Waals surface area (Å²) in [6.45, 7) is 4.12. The van der Waals surface area contributed by atoms with E-state index in [0.717, 1.165) is 6.42 Å². The summed E-state index contributed by atoms with van der Waals surface area (Å²) in [6, 6.07) is 6.36. The molecule has 1 rings (SSSR count). The monoisotopic (exact) mass is 264 g/mol. The summed E-state index contributed by atoms with van der Waals surface area (Å²) in [7, 11) is 0. The molecule has 0 aliphatic heterocycles. The number of nitrogens with two attached hydrogens (primary N) is 1. The number of primary amides is 1. The van der Waals surface area contributed by atoms with E-state index < -0.39 is 11.9 Å². The van der Waals surface area contributed by atoms with Crippen LogP contribution in [0.2, 0.25) is 0 Å². The van der Waals surface area contributed by atoms with Crippen LogP contribution in [-0.4, -0.2) is 24.5 Å². The maximum atomic E-state index is 11.8. The van der Waals surface area contributed by atoms with Crippen molar-refractivity contribution in [2.24, 2.45) is 5.73 Å². The smallest absolute Gasteiger partial charge is 0.328 e. The first-order chi connectivity index (χ1) is 9.08. The Morgan fingerprint density at radius 1 is 1.37 bits per heavy atom. The molecule has 5 heteroatoms. The van der Waals surface area contributed by atoms with Gasteiger partial charge in [-0.05, 0) is 31.5 Å². The molecule has 1 aromatic carbocycles. The molecule has 0 radical (unpaired) electrons. The number of carbonyl (C=O) groups excluding carboxylic acids is 2. The van der Waals surface area contributed by atoms with Gasteiger partial charge in [0.25, 0.3) is 0 Å². The number of carbonyl (C=O) groups is 2. The summed E-state index contributed by atoms with van der Waals surface area (Å²) in [5, 5.41) is 3.08. The van der Waals surface area contributed by atoms with Crippen LogP contribution in [0.5, 0.6) is 0 Å². The molecule has 0 saturated heterocycles. The Morgan fingerprint density at radius 3 is 2.68 bits per heavy atom.